The first-order valence-corrected chi connectivity index (χ1v) is 10.7. The number of tetrazole rings is 1. The van der Waals surface area contributed by atoms with Crippen molar-refractivity contribution in [3.8, 4) is 0 Å². The molecular weight excluding hydrogens is 388 g/mol. The topological polar surface area (TPSA) is 75.9 Å². The van der Waals surface area contributed by atoms with Crippen molar-refractivity contribution in [2.75, 3.05) is 11.4 Å². The van der Waals surface area contributed by atoms with Gasteiger partial charge in [-0.1, -0.05) is 71.7 Å². The highest BCUT2D eigenvalue weighted by Gasteiger charge is 2.32. The van der Waals surface area contributed by atoms with Crippen LogP contribution in [0.4, 0.5) is 5.95 Å². The molecule has 1 aromatic heterocycles. The van der Waals surface area contributed by atoms with Gasteiger partial charge in [-0.2, -0.15) is 4.68 Å². The molecule has 1 aliphatic heterocycles. The second kappa shape index (κ2) is 8.71. The standard InChI is InChI=1S/C24H28N6O/c1-5-18(4)25-23(31)15-29-21(19-10-6-16(2)7-11-19)14-22(30-24(29)26-27-28-30)20-12-8-17(3)9-13-20/h6-14,18,22H,5,15H2,1-4H3,(H,25,31). The number of rotatable bonds is 6. The molecule has 2 aromatic carbocycles. The number of aryl methyl sites for hydroxylation is 2. The Balaban J connectivity index is 1.77. The second-order valence-electron chi connectivity index (χ2n) is 8.16. The Morgan fingerprint density at radius 1 is 1.06 bits per heavy atom. The maximum absolute atomic E-state index is 12.8. The van der Waals surface area contributed by atoms with Gasteiger partial charge in [0.1, 0.15) is 12.6 Å². The highest BCUT2D eigenvalue weighted by molar-refractivity contribution is 5.89. The van der Waals surface area contributed by atoms with E-state index in [-0.39, 0.29) is 24.5 Å². The van der Waals surface area contributed by atoms with Crippen molar-refractivity contribution in [3.63, 3.8) is 0 Å². The fourth-order valence-corrected chi connectivity index (χ4v) is 3.66. The third-order valence-electron chi connectivity index (χ3n) is 5.67. The minimum Gasteiger partial charge on any atom is -0.352 e. The summed E-state index contributed by atoms with van der Waals surface area (Å²) in [6, 6.07) is 16.6. The van der Waals surface area contributed by atoms with Crippen LogP contribution in [0.1, 0.15) is 48.6 Å². The van der Waals surface area contributed by atoms with Crippen LogP contribution in [0.2, 0.25) is 0 Å². The van der Waals surface area contributed by atoms with Gasteiger partial charge in [0.15, 0.2) is 0 Å². The molecule has 3 aromatic rings. The number of carbonyl (C=O) groups excluding carboxylic acids is 1. The number of amides is 1. The molecule has 0 aliphatic carbocycles. The first-order valence-electron chi connectivity index (χ1n) is 10.7. The van der Waals surface area contributed by atoms with Gasteiger partial charge in [0.05, 0.1) is 5.70 Å². The van der Waals surface area contributed by atoms with Gasteiger partial charge >= 0.3 is 0 Å². The fraction of sp³-hybridized carbons (Fsp3) is 0.333. The van der Waals surface area contributed by atoms with E-state index in [0.717, 1.165) is 23.2 Å². The van der Waals surface area contributed by atoms with Gasteiger partial charge in [-0.3, -0.25) is 9.69 Å². The Kier molecular flexibility index (Phi) is 5.84. The molecule has 0 bridgehead atoms. The van der Waals surface area contributed by atoms with E-state index in [0.29, 0.717) is 5.95 Å². The zero-order valence-electron chi connectivity index (χ0n) is 18.4. The molecule has 0 radical (unpaired) electrons. The number of nitrogens with zero attached hydrogens (tertiary/aromatic N) is 5. The highest BCUT2D eigenvalue weighted by atomic mass is 16.2. The predicted octanol–water partition coefficient (Wildman–Crippen LogP) is 3.66. The van der Waals surface area contributed by atoms with Gasteiger partial charge < -0.3 is 5.32 Å². The summed E-state index contributed by atoms with van der Waals surface area (Å²) in [5.74, 6) is 0.499. The van der Waals surface area contributed by atoms with E-state index in [1.54, 1.807) is 4.68 Å². The van der Waals surface area contributed by atoms with E-state index >= 15 is 0 Å². The van der Waals surface area contributed by atoms with Crippen molar-refractivity contribution in [2.24, 2.45) is 0 Å². The van der Waals surface area contributed by atoms with Crippen molar-refractivity contribution in [1.82, 2.24) is 25.5 Å². The number of allylic oxidation sites excluding steroid dienone is 1. The SMILES string of the molecule is CCC(C)NC(=O)CN1C(c2ccc(C)cc2)=CC(c2ccc(C)cc2)n2nnnc21. The average molecular weight is 417 g/mol. The number of benzene rings is 2. The molecule has 2 atom stereocenters. The van der Waals surface area contributed by atoms with Crippen molar-refractivity contribution in [3.05, 3.63) is 76.9 Å². The number of fused-ring (bicyclic) bond motifs is 1. The molecule has 1 aliphatic rings. The molecule has 4 rings (SSSR count). The highest BCUT2D eigenvalue weighted by Crippen LogP contribution is 2.36. The summed E-state index contributed by atoms with van der Waals surface area (Å²) in [4.78, 5) is 14.7. The van der Waals surface area contributed by atoms with Crippen LogP contribution in [-0.2, 0) is 4.79 Å². The van der Waals surface area contributed by atoms with Gasteiger partial charge in [-0.25, -0.2) is 0 Å². The molecule has 7 nitrogen and oxygen atoms in total. The number of hydrogen-bond donors (Lipinski definition) is 1. The third-order valence-corrected chi connectivity index (χ3v) is 5.67. The molecule has 0 fully saturated rings. The molecule has 0 saturated carbocycles. The van der Waals surface area contributed by atoms with Crippen molar-refractivity contribution < 1.29 is 4.79 Å². The lowest BCUT2D eigenvalue weighted by molar-refractivity contribution is -0.120. The van der Waals surface area contributed by atoms with Gasteiger partial charge in [-0.05, 0) is 54.8 Å². The summed E-state index contributed by atoms with van der Waals surface area (Å²) >= 11 is 0. The zero-order valence-corrected chi connectivity index (χ0v) is 18.4. The summed E-state index contributed by atoms with van der Waals surface area (Å²) in [5, 5.41) is 15.5. The van der Waals surface area contributed by atoms with Crippen LogP contribution < -0.4 is 10.2 Å². The summed E-state index contributed by atoms with van der Waals surface area (Å²) in [6.45, 7) is 8.33. The second-order valence-corrected chi connectivity index (χ2v) is 8.16. The van der Waals surface area contributed by atoms with E-state index in [1.165, 1.54) is 11.1 Å². The van der Waals surface area contributed by atoms with E-state index in [1.807, 2.05) is 11.8 Å². The lowest BCUT2D eigenvalue weighted by Crippen LogP contribution is -2.42. The van der Waals surface area contributed by atoms with E-state index in [9.17, 15) is 4.79 Å². The van der Waals surface area contributed by atoms with Gasteiger partial charge in [0.2, 0.25) is 5.91 Å². The molecule has 31 heavy (non-hydrogen) atoms. The molecule has 1 amide bonds. The van der Waals surface area contributed by atoms with Crippen LogP contribution in [0.15, 0.2) is 54.6 Å². The van der Waals surface area contributed by atoms with Gasteiger partial charge in [-0.15, -0.1) is 0 Å². The smallest absolute Gasteiger partial charge is 0.251 e. The predicted molar refractivity (Wildman–Crippen MR) is 122 cm³/mol. The van der Waals surface area contributed by atoms with Crippen LogP contribution in [0.5, 0.6) is 0 Å². The Labute approximate surface area is 182 Å². The molecule has 2 heterocycles. The lowest BCUT2D eigenvalue weighted by atomic mass is 9.99. The minimum absolute atomic E-state index is 0.0595. The van der Waals surface area contributed by atoms with Crippen molar-refractivity contribution in [1.29, 1.82) is 0 Å². The van der Waals surface area contributed by atoms with E-state index < -0.39 is 0 Å². The molecule has 2 unspecified atom stereocenters. The van der Waals surface area contributed by atoms with E-state index in [4.69, 9.17) is 0 Å². The van der Waals surface area contributed by atoms with Gasteiger partial charge in [0.25, 0.3) is 5.95 Å². The number of carbonyl (C=O) groups is 1. The Bertz CT molecular complexity index is 1080. The third kappa shape index (κ3) is 4.35. The summed E-state index contributed by atoms with van der Waals surface area (Å²) in [7, 11) is 0. The Morgan fingerprint density at radius 2 is 1.71 bits per heavy atom. The van der Waals surface area contributed by atoms with Gasteiger partial charge in [0, 0.05) is 6.04 Å². The number of anilines is 1. The van der Waals surface area contributed by atoms with Crippen molar-refractivity contribution in [2.45, 2.75) is 46.2 Å². The molecule has 160 valence electrons. The zero-order chi connectivity index (χ0) is 22.0. The molecule has 1 N–H and O–H groups in total. The monoisotopic (exact) mass is 416 g/mol. The Hall–Kier alpha value is -3.48. The summed E-state index contributed by atoms with van der Waals surface area (Å²) in [5.41, 5.74) is 5.41. The number of hydrogen-bond acceptors (Lipinski definition) is 5. The average Bonchev–Trinajstić information content (AvgIpc) is 3.25. The van der Waals surface area contributed by atoms with Crippen LogP contribution in [0.25, 0.3) is 5.70 Å². The largest absolute Gasteiger partial charge is 0.352 e. The maximum atomic E-state index is 12.8. The first kappa shape index (κ1) is 20.8. The quantitative estimate of drug-likeness (QED) is 0.664. The first-order chi connectivity index (χ1) is 15.0. The van der Waals surface area contributed by atoms with Crippen LogP contribution >= 0.6 is 0 Å². The van der Waals surface area contributed by atoms with E-state index in [2.05, 4.69) is 96.2 Å². The normalized spacial score (nSPS) is 16.5. The van der Waals surface area contributed by atoms with Crippen LogP contribution in [-0.4, -0.2) is 38.7 Å². The minimum atomic E-state index is -0.157. The molecule has 0 saturated heterocycles. The summed E-state index contributed by atoms with van der Waals surface area (Å²) < 4.78 is 1.78. The van der Waals surface area contributed by atoms with Crippen LogP contribution in [0, 0.1) is 13.8 Å². The molecule has 0 spiro atoms. The van der Waals surface area contributed by atoms with Crippen molar-refractivity contribution >= 4 is 17.6 Å². The lowest BCUT2D eigenvalue weighted by Gasteiger charge is -2.32. The Morgan fingerprint density at radius 3 is 2.35 bits per heavy atom. The summed E-state index contributed by atoms with van der Waals surface area (Å²) in [6.07, 6.45) is 3.01. The fourth-order valence-electron chi connectivity index (χ4n) is 3.66. The maximum Gasteiger partial charge on any atom is 0.251 e. The number of nitrogens with one attached hydrogen (secondary N) is 1. The molecule has 7 heteroatoms. The van der Waals surface area contributed by atoms with Crippen LogP contribution in [0.3, 0.4) is 0 Å². The number of aromatic nitrogens is 4. The molecular formula is C24H28N6O.